The van der Waals surface area contributed by atoms with Crippen LogP contribution >= 0.6 is 0 Å². The SMILES string of the molecule is CNc1ccccc1/C=C/B1OC(C)(C)C(C)(C)O1. The molecule has 0 saturated carbocycles. The summed E-state index contributed by atoms with van der Waals surface area (Å²) in [6.45, 7) is 8.23. The molecule has 0 aromatic heterocycles. The van der Waals surface area contributed by atoms with Crippen molar-refractivity contribution in [2.24, 2.45) is 0 Å². The molecule has 1 heterocycles. The Labute approximate surface area is 116 Å². The predicted molar refractivity (Wildman–Crippen MR) is 81.1 cm³/mol. The van der Waals surface area contributed by atoms with Gasteiger partial charge < -0.3 is 14.6 Å². The number of anilines is 1. The summed E-state index contributed by atoms with van der Waals surface area (Å²) in [7, 11) is 1.62. The lowest BCUT2D eigenvalue weighted by Gasteiger charge is -2.32. The molecule has 1 aliphatic rings. The van der Waals surface area contributed by atoms with Gasteiger partial charge in [-0.3, -0.25) is 0 Å². The number of benzene rings is 1. The van der Waals surface area contributed by atoms with Crippen LogP contribution in [0.1, 0.15) is 33.3 Å². The van der Waals surface area contributed by atoms with E-state index in [1.165, 1.54) is 0 Å². The van der Waals surface area contributed by atoms with Crippen molar-refractivity contribution >= 4 is 18.9 Å². The third kappa shape index (κ3) is 2.85. The van der Waals surface area contributed by atoms with Crippen LogP contribution in [0.15, 0.2) is 30.2 Å². The summed E-state index contributed by atoms with van der Waals surface area (Å²) in [4.78, 5) is 0. The minimum absolute atomic E-state index is 0.287. The number of nitrogens with one attached hydrogen (secondary N) is 1. The largest absolute Gasteiger partial charge is 0.487 e. The lowest BCUT2D eigenvalue weighted by Crippen LogP contribution is -2.41. The van der Waals surface area contributed by atoms with Crippen LogP contribution in [0.25, 0.3) is 6.08 Å². The van der Waals surface area contributed by atoms with Crippen LogP contribution in [0.3, 0.4) is 0 Å². The fourth-order valence-electron chi connectivity index (χ4n) is 2.02. The van der Waals surface area contributed by atoms with Gasteiger partial charge in [-0.05, 0) is 39.3 Å². The molecule has 0 atom stereocenters. The van der Waals surface area contributed by atoms with Gasteiger partial charge in [-0.15, -0.1) is 0 Å². The Kier molecular flexibility index (Phi) is 3.74. The fourth-order valence-corrected chi connectivity index (χ4v) is 2.02. The third-order valence-corrected chi connectivity index (χ3v) is 3.93. The lowest BCUT2D eigenvalue weighted by molar-refractivity contribution is 0.00578. The summed E-state index contributed by atoms with van der Waals surface area (Å²) >= 11 is 0. The first-order chi connectivity index (χ1) is 8.86. The molecule has 1 aromatic carbocycles. The van der Waals surface area contributed by atoms with Gasteiger partial charge >= 0.3 is 7.12 Å². The van der Waals surface area contributed by atoms with Crippen molar-refractivity contribution in [3.63, 3.8) is 0 Å². The summed E-state index contributed by atoms with van der Waals surface area (Å²) in [5, 5.41) is 3.17. The van der Waals surface area contributed by atoms with Crippen LogP contribution in [0.4, 0.5) is 5.69 Å². The molecular formula is C15H22BNO2. The van der Waals surface area contributed by atoms with E-state index in [1.54, 1.807) is 0 Å². The quantitative estimate of drug-likeness (QED) is 0.844. The molecule has 1 saturated heterocycles. The molecule has 3 nitrogen and oxygen atoms in total. The molecule has 19 heavy (non-hydrogen) atoms. The highest BCUT2D eigenvalue weighted by Gasteiger charge is 2.49. The second-order valence-corrected chi connectivity index (χ2v) is 5.82. The van der Waals surface area contributed by atoms with Gasteiger partial charge in [0.2, 0.25) is 0 Å². The van der Waals surface area contributed by atoms with E-state index >= 15 is 0 Å². The van der Waals surface area contributed by atoms with Gasteiger partial charge in [0.05, 0.1) is 11.2 Å². The van der Waals surface area contributed by atoms with Crippen LogP contribution < -0.4 is 5.32 Å². The van der Waals surface area contributed by atoms with E-state index in [0.29, 0.717) is 0 Å². The normalized spacial score (nSPS) is 21.0. The first kappa shape index (κ1) is 14.2. The summed E-state index contributed by atoms with van der Waals surface area (Å²) in [6, 6.07) is 8.14. The molecule has 2 rings (SSSR count). The summed E-state index contributed by atoms with van der Waals surface area (Å²) in [5.74, 6) is 1.96. The fraction of sp³-hybridized carbons (Fsp3) is 0.467. The Morgan fingerprint density at radius 1 is 1.05 bits per heavy atom. The summed E-state index contributed by atoms with van der Waals surface area (Å²) < 4.78 is 11.9. The van der Waals surface area contributed by atoms with E-state index in [-0.39, 0.29) is 18.3 Å². The van der Waals surface area contributed by atoms with Crippen molar-refractivity contribution in [3.05, 3.63) is 35.8 Å². The Bertz CT molecular complexity index is 467. The van der Waals surface area contributed by atoms with E-state index in [9.17, 15) is 0 Å². The van der Waals surface area contributed by atoms with E-state index < -0.39 is 0 Å². The number of hydrogen-bond donors (Lipinski definition) is 1. The molecule has 1 aromatic rings. The van der Waals surface area contributed by atoms with Gasteiger partial charge in [-0.2, -0.15) is 0 Å². The van der Waals surface area contributed by atoms with Crippen molar-refractivity contribution in [1.29, 1.82) is 0 Å². The summed E-state index contributed by atoms with van der Waals surface area (Å²) in [5.41, 5.74) is 1.64. The van der Waals surface area contributed by atoms with Crippen molar-refractivity contribution < 1.29 is 9.31 Å². The summed E-state index contributed by atoms with van der Waals surface area (Å²) in [6.07, 6.45) is 2.04. The zero-order chi connectivity index (χ0) is 14.1. The lowest BCUT2D eigenvalue weighted by atomic mass is 9.89. The second kappa shape index (κ2) is 5.02. The number of rotatable bonds is 3. The Hall–Kier alpha value is -1.26. The highest BCUT2D eigenvalue weighted by Crippen LogP contribution is 2.37. The predicted octanol–water partition coefficient (Wildman–Crippen LogP) is 3.37. The Balaban J connectivity index is 2.13. The van der Waals surface area contributed by atoms with Crippen LogP contribution in [0.5, 0.6) is 0 Å². The first-order valence-corrected chi connectivity index (χ1v) is 6.66. The molecule has 0 aliphatic carbocycles. The molecular weight excluding hydrogens is 237 g/mol. The van der Waals surface area contributed by atoms with Crippen molar-refractivity contribution in [1.82, 2.24) is 0 Å². The maximum atomic E-state index is 5.93. The molecule has 0 spiro atoms. The monoisotopic (exact) mass is 259 g/mol. The minimum atomic E-state index is -0.296. The van der Waals surface area contributed by atoms with Crippen LogP contribution in [0.2, 0.25) is 0 Å². The van der Waals surface area contributed by atoms with Crippen LogP contribution in [0, 0.1) is 0 Å². The molecule has 0 amide bonds. The van der Waals surface area contributed by atoms with Crippen LogP contribution in [-0.2, 0) is 9.31 Å². The molecule has 1 fully saturated rings. The van der Waals surface area contributed by atoms with E-state index in [1.807, 2.05) is 37.3 Å². The molecule has 0 bridgehead atoms. The smallest absolute Gasteiger partial charge is 0.400 e. The topological polar surface area (TPSA) is 30.5 Å². The van der Waals surface area contributed by atoms with E-state index in [0.717, 1.165) is 11.3 Å². The highest BCUT2D eigenvalue weighted by molar-refractivity contribution is 6.52. The average molecular weight is 259 g/mol. The average Bonchev–Trinajstić information content (AvgIpc) is 2.55. The van der Waals surface area contributed by atoms with E-state index in [4.69, 9.17) is 9.31 Å². The Morgan fingerprint density at radius 2 is 1.63 bits per heavy atom. The van der Waals surface area contributed by atoms with Crippen molar-refractivity contribution in [2.75, 3.05) is 12.4 Å². The van der Waals surface area contributed by atoms with Crippen molar-refractivity contribution in [2.45, 2.75) is 38.9 Å². The van der Waals surface area contributed by atoms with E-state index in [2.05, 4.69) is 39.1 Å². The highest BCUT2D eigenvalue weighted by atomic mass is 16.7. The zero-order valence-corrected chi connectivity index (χ0v) is 12.4. The maximum Gasteiger partial charge on any atom is 0.487 e. The number of hydrogen-bond acceptors (Lipinski definition) is 3. The van der Waals surface area contributed by atoms with Gasteiger partial charge in [-0.25, -0.2) is 0 Å². The van der Waals surface area contributed by atoms with Crippen LogP contribution in [-0.4, -0.2) is 25.4 Å². The molecule has 0 radical (unpaired) electrons. The second-order valence-electron chi connectivity index (χ2n) is 5.82. The van der Waals surface area contributed by atoms with Gasteiger partial charge in [0.1, 0.15) is 0 Å². The van der Waals surface area contributed by atoms with Gasteiger partial charge in [0.25, 0.3) is 0 Å². The molecule has 1 N–H and O–H groups in total. The zero-order valence-electron chi connectivity index (χ0n) is 12.4. The molecule has 1 aliphatic heterocycles. The Morgan fingerprint density at radius 3 is 2.21 bits per heavy atom. The molecule has 102 valence electrons. The first-order valence-electron chi connectivity index (χ1n) is 6.66. The van der Waals surface area contributed by atoms with Gasteiger partial charge in [0, 0.05) is 12.7 Å². The van der Waals surface area contributed by atoms with Gasteiger partial charge in [-0.1, -0.05) is 30.3 Å². The van der Waals surface area contributed by atoms with Gasteiger partial charge in [0.15, 0.2) is 0 Å². The standard InChI is InChI=1S/C15H22BNO2/c1-14(2)15(3,4)19-16(18-14)11-10-12-8-6-7-9-13(12)17-5/h6-11,17H,1-5H3/b11-10+. The molecule has 4 heteroatoms. The third-order valence-electron chi connectivity index (χ3n) is 3.93. The molecule has 0 unspecified atom stereocenters. The maximum absolute atomic E-state index is 5.93. The number of para-hydroxylation sites is 1. The van der Waals surface area contributed by atoms with Crippen molar-refractivity contribution in [3.8, 4) is 0 Å². The minimum Gasteiger partial charge on any atom is -0.400 e.